The zero-order valence-corrected chi connectivity index (χ0v) is 8.52. The summed E-state index contributed by atoms with van der Waals surface area (Å²) in [6.45, 7) is 0. The second kappa shape index (κ2) is 4.35. The number of aliphatic imine (C=N–C) groups is 1. The minimum absolute atomic E-state index is 0.332. The highest BCUT2D eigenvalue weighted by Crippen LogP contribution is 2.24. The Kier molecular flexibility index (Phi) is 3.39. The van der Waals surface area contributed by atoms with Gasteiger partial charge in [0.1, 0.15) is 0 Å². The monoisotopic (exact) mass is 217 g/mol. The highest BCUT2D eigenvalue weighted by Gasteiger charge is 1.99. The molecule has 1 aromatic carbocycles. The van der Waals surface area contributed by atoms with E-state index in [1.54, 1.807) is 25.2 Å². The van der Waals surface area contributed by atoms with Crippen LogP contribution in [0.15, 0.2) is 23.2 Å². The summed E-state index contributed by atoms with van der Waals surface area (Å²) in [7, 11) is 1.60. The average molecular weight is 218 g/mol. The smallest absolute Gasteiger partial charge is 0.192 e. The maximum Gasteiger partial charge on any atom is 0.192 e. The highest BCUT2D eigenvalue weighted by atomic mass is 35.5. The van der Waals surface area contributed by atoms with Crippen LogP contribution in [0.5, 0.6) is 0 Å². The highest BCUT2D eigenvalue weighted by molar-refractivity contribution is 6.42. The fraction of sp³-hybridized carbons (Fsp3) is 0.125. The van der Waals surface area contributed by atoms with Gasteiger partial charge in [-0.3, -0.25) is 4.99 Å². The van der Waals surface area contributed by atoms with Crippen LogP contribution in [-0.2, 0) is 0 Å². The Morgan fingerprint density at radius 3 is 2.62 bits per heavy atom. The van der Waals surface area contributed by atoms with Gasteiger partial charge in [0.05, 0.1) is 10.0 Å². The van der Waals surface area contributed by atoms with E-state index < -0.39 is 0 Å². The number of guanidine groups is 1. The molecule has 13 heavy (non-hydrogen) atoms. The number of rotatable bonds is 1. The van der Waals surface area contributed by atoms with Gasteiger partial charge in [-0.1, -0.05) is 23.2 Å². The molecule has 0 aliphatic rings. The fourth-order valence-corrected chi connectivity index (χ4v) is 1.08. The van der Waals surface area contributed by atoms with Crippen molar-refractivity contribution in [2.24, 2.45) is 10.7 Å². The van der Waals surface area contributed by atoms with Crippen molar-refractivity contribution >= 4 is 34.8 Å². The summed E-state index contributed by atoms with van der Waals surface area (Å²) in [6, 6.07) is 5.14. The quantitative estimate of drug-likeness (QED) is 0.561. The molecule has 0 unspecified atom stereocenters. The zero-order chi connectivity index (χ0) is 9.84. The predicted octanol–water partition coefficient (Wildman–Crippen LogP) is 2.35. The Bertz CT molecular complexity index is 336. The predicted molar refractivity (Wildman–Crippen MR) is 57.6 cm³/mol. The van der Waals surface area contributed by atoms with Gasteiger partial charge in [-0.25, -0.2) is 0 Å². The molecule has 0 aromatic heterocycles. The second-order valence-corrected chi connectivity index (χ2v) is 3.18. The molecule has 0 saturated heterocycles. The van der Waals surface area contributed by atoms with Gasteiger partial charge < -0.3 is 11.1 Å². The largest absolute Gasteiger partial charge is 0.370 e. The summed E-state index contributed by atoms with van der Waals surface area (Å²) in [5.41, 5.74) is 6.22. The minimum atomic E-state index is 0.332. The van der Waals surface area contributed by atoms with E-state index in [-0.39, 0.29) is 0 Å². The van der Waals surface area contributed by atoms with Crippen LogP contribution >= 0.6 is 23.2 Å². The first-order valence-electron chi connectivity index (χ1n) is 3.58. The van der Waals surface area contributed by atoms with E-state index in [1.165, 1.54) is 0 Å². The first-order chi connectivity index (χ1) is 6.13. The van der Waals surface area contributed by atoms with Gasteiger partial charge in [-0.2, -0.15) is 0 Å². The lowest BCUT2D eigenvalue weighted by molar-refractivity contribution is 1.38. The van der Waals surface area contributed by atoms with Gasteiger partial charge in [0.2, 0.25) is 0 Å². The Balaban J connectivity index is 2.86. The summed E-state index contributed by atoms with van der Waals surface area (Å²) in [4.78, 5) is 3.74. The van der Waals surface area contributed by atoms with Crippen molar-refractivity contribution in [3.05, 3.63) is 28.2 Å². The van der Waals surface area contributed by atoms with Crippen molar-refractivity contribution in [3.63, 3.8) is 0 Å². The Labute approximate surface area is 86.6 Å². The molecule has 0 fully saturated rings. The minimum Gasteiger partial charge on any atom is -0.370 e. The van der Waals surface area contributed by atoms with Crippen LogP contribution in [0.25, 0.3) is 0 Å². The van der Waals surface area contributed by atoms with Crippen LogP contribution in [0.3, 0.4) is 0 Å². The Morgan fingerprint density at radius 2 is 2.08 bits per heavy atom. The summed E-state index contributed by atoms with van der Waals surface area (Å²) in [5.74, 6) is 0.332. The molecule has 0 aliphatic heterocycles. The SMILES string of the molecule is CN=C(N)Nc1ccc(Cl)c(Cl)c1. The van der Waals surface area contributed by atoms with E-state index in [9.17, 15) is 0 Å². The molecule has 0 saturated carbocycles. The molecule has 0 amide bonds. The molecular weight excluding hydrogens is 209 g/mol. The fourth-order valence-electron chi connectivity index (χ4n) is 0.778. The van der Waals surface area contributed by atoms with Gasteiger partial charge >= 0.3 is 0 Å². The van der Waals surface area contributed by atoms with E-state index in [4.69, 9.17) is 28.9 Å². The third kappa shape index (κ3) is 2.79. The zero-order valence-electron chi connectivity index (χ0n) is 7.01. The van der Waals surface area contributed by atoms with Crippen molar-refractivity contribution < 1.29 is 0 Å². The van der Waals surface area contributed by atoms with Crippen LogP contribution in [-0.4, -0.2) is 13.0 Å². The third-order valence-corrected chi connectivity index (χ3v) is 2.17. The summed E-state index contributed by atoms with van der Waals surface area (Å²) in [5, 5.41) is 3.84. The molecule has 70 valence electrons. The number of nitrogens with two attached hydrogens (primary N) is 1. The number of halogens is 2. The Morgan fingerprint density at radius 1 is 1.38 bits per heavy atom. The number of anilines is 1. The van der Waals surface area contributed by atoms with E-state index in [2.05, 4.69) is 10.3 Å². The standard InChI is InChI=1S/C8H9Cl2N3/c1-12-8(11)13-5-2-3-6(9)7(10)4-5/h2-4H,1H3,(H3,11,12,13). The second-order valence-electron chi connectivity index (χ2n) is 2.36. The lowest BCUT2D eigenvalue weighted by Crippen LogP contribution is -2.21. The molecule has 0 radical (unpaired) electrons. The van der Waals surface area contributed by atoms with Gasteiger partial charge in [0.25, 0.3) is 0 Å². The van der Waals surface area contributed by atoms with E-state index in [1.807, 2.05) is 0 Å². The van der Waals surface area contributed by atoms with Gasteiger partial charge in [-0.05, 0) is 18.2 Å². The van der Waals surface area contributed by atoms with Crippen molar-refractivity contribution in [2.75, 3.05) is 12.4 Å². The first-order valence-corrected chi connectivity index (χ1v) is 4.33. The maximum atomic E-state index is 5.79. The van der Waals surface area contributed by atoms with E-state index in [0.29, 0.717) is 16.0 Å². The molecule has 0 bridgehead atoms. The molecule has 0 spiro atoms. The molecule has 0 aliphatic carbocycles. The lowest BCUT2D eigenvalue weighted by Gasteiger charge is -2.05. The molecule has 0 heterocycles. The molecule has 5 heteroatoms. The number of hydrogen-bond donors (Lipinski definition) is 2. The maximum absolute atomic E-state index is 5.79. The molecule has 3 nitrogen and oxygen atoms in total. The van der Waals surface area contributed by atoms with Gasteiger partial charge in [0.15, 0.2) is 5.96 Å². The van der Waals surface area contributed by atoms with Crippen LogP contribution in [0.2, 0.25) is 10.0 Å². The summed E-state index contributed by atoms with van der Waals surface area (Å²) in [6.07, 6.45) is 0. The van der Waals surface area contributed by atoms with E-state index in [0.717, 1.165) is 5.69 Å². The normalized spacial score (nSPS) is 11.5. The molecular formula is C8H9Cl2N3. The van der Waals surface area contributed by atoms with Crippen molar-refractivity contribution in [1.82, 2.24) is 0 Å². The molecule has 1 rings (SSSR count). The number of hydrogen-bond acceptors (Lipinski definition) is 1. The topological polar surface area (TPSA) is 50.4 Å². The third-order valence-electron chi connectivity index (χ3n) is 1.43. The number of benzene rings is 1. The van der Waals surface area contributed by atoms with Crippen molar-refractivity contribution in [1.29, 1.82) is 0 Å². The van der Waals surface area contributed by atoms with Crippen LogP contribution in [0, 0.1) is 0 Å². The van der Waals surface area contributed by atoms with Crippen LogP contribution in [0.1, 0.15) is 0 Å². The van der Waals surface area contributed by atoms with Gasteiger partial charge in [0, 0.05) is 12.7 Å². The van der Waals surface area contributed by atoms with E-state index >= 15 is 0 Å². The van der Waals surface area contributed by atoms with Gasteiger partial charge in [-0.15, -0.1) is 0 Å². The van der Waals surface area contributed by atoms with Crippen LogP contribution in [0.4, 0.5) is 5.69 Å². The Hall–Kier alpha value is -0.930. The van der Waals surface area contributed by atoms with Crippen molar-refractivity contribution in [2.45, 2.75) is 0 Å². The average Bonchev–Trinajstić information content (AvgIpc) is 2.11. The van der Waals surface area contributed by atoms with Crippen LogP contribution < -0.4 is 11.1 Å². The summed E-state index contributed by atoms with van der Waals surface area (Å²) >= 11 is 11.5. The summed E-state index contributed by atoms with van der Waals surface area (Å²) < 4.78 is 0. The first kappa shape index (κ1) is 10.2. The lowest BCUT2D eigenvalue weighted by atomic mass is 10.3. The number of nitrogens with zero attached hydrogens (tertiary/aromatic N) is 1. The molecule has 1 aromatic rings. The number of nitrogens with one attached hydrogen (secondary N) is 1. The molecule has 0 atom stereocenters. The van der Waals surface area contributed by atoms with Crippen molar-refractivity contribution in [3.8, 4) is 0 Å². The molecule has 3 N–H and O–H groups in total.